The number of hydrogen-bond acceptors (Lipinski definition) is 4. The molecule has 1 aromatic heterocycles. The third-order valence-electron chi connectivity index (χ3n) is 2.39. The number of rotatable bonds is 4. The number of ether oxygens (including phenoxy) is 1. The minimum Gasteiger partial charge on any atom is -0.436 e. The van der Waals surface area contributed by atoms with Crippen LogP contribution in [0.1, 0.15) is 12.5 Å². The standard InChI is InChI=1S/C13H13F2N3O/c1-3-16-13-17-7-11(15)12(18-13)19-9-4-5-10(14)8(2)6-9/h4-7H,3H2,1-2H3,(H,16,17,18). The van der Waals surface area contributed by atoms with E-state index in [1.54, 1.807) is 6.92 Å². The van der Waals surface area contributed by atoms with Crippen LogP contribution in [0, 0.1) is 18.6 Å². The fraction of sp³-hybridized carbons (Fsp3) is 0.231. The lowest BCUT2D eigenvalue weighted by Gasteiger charge is -2.08. The fourth-order valence-electron chi connectivity index (χ4n) is 1.46. The number of aryl methyl sites for hydroxylation is 1. The Labute approximate surface area is 109 Å². The average molecular weight is 265 g/mol. The summed E-state index contributed by atoms with van der Waals surface area (Å²) in [6, 6.07) is 4.15. The minimum absolute atomic E-state index is 0.197. The number of nitrogens with zero attached hydrogens (tertiary/aromatic N) is 2. The van der Waals surface area contributed by atoms with Gasteiger partial charge in [-0.25, -0.2) is 9.37 Å². The van der Waals surface area contributed by atoms with E-state index in [0.717, 1.165) is 6.20 Å². The predicted molar refractivity (Wildman–Crippen MR) is 67.4 cm³/mol. The van der Waals surface area contributed by atoms with Gasteiger partial charge in [0.15, 0.2) is 0 Å². The molecule has 0 unspecified atom stereocenters. The first-order chi connectivity index (χ1) is 9.10. The Morgan fingerprint density at radius 3 is 2.74 bits per heavy atom. The van der Waals surface area contributed by atoms with Gasteiger partial charge in [-0.05, 0) is 37.6 Å². The lowest BCUT2D eigenvalue weighted by Crippen LogP contribution is -2.04. The lowest BCUT2D eigenvalue weighted by molar-refractivity contribution is 0.419. The van der Waals surface area contributed by atoms with Gasteiger partial charge in [-0.3, -0.25) is 0 Å². The lowest BCUT2D eigenvalue weighted by atomic mass is 10.2. The van der Waals surface area contributed by atoms with Gasteiger partial charge in [-0.1, -0.05) is 0 Å². The molecule has 1 N–H and O–H groups in total. The highest BCUT2D eigenvalue weighted by Crippen LogP contribution is 2.24. The summed E-state index contributed by atoms with van der Waals surface area (Å²) in [6.45, 7) is 4.08. The molecular formula is C13H13F2N3O. The predicted octanol–water partition coefficient (Wildman–Crippen LogP) is 3.29. The average Bonchev–Trinajstić information content (AvgIpc) is 2.38. The van der Waals surface area contributed by atoms with Crippen molar-refractivity contribution < 1.29 is 13.5 Å². The molecule has 0 aliphatic carbocycles. The van der Waals surface area contributed by atoms with Crippen LogP contribution in [-0.2, 0) is 0 Å². The zero-order valence-corrected chi connectivity index (χ0v) is 10.6. The number of hydrogen-bond donors (Lipinski definition) is 1. The van der Waals surface area contributed by atoms with E-state index in [1.807, 2.05) is 6.92 Å². The van der Waals surface area contributed by atoms with Crippen LogP contribution < -0.4 is 10.1 Å². The Hall–Kier alpha value is -2.24. The SMILES string of the molecule is CCNc1ncc(F)c(Oc2ccc(F)c(C)c2)n1. The van der Waals surface area contributed by atoms with Gasteiger partial charge < -0.3 is 10.1 Å². The molecule has 100 valence electrons. The maximum atomic E-state index is 13.5. The van der Waals surface area contributed by atoms with Gasteiger partial charge in [-0.2, -0.15) is 9.37 Å². The molecule has 1 aromatic carbocycles. The second kappa shape index (κ2) is 5.60. The molecule has 0 saturated heterocycles. The summed E-state index contributed by atoms with van der Waals surface area (Å²) >= 11 is 0. The van der Waals surface area contributed by atoms with Crippen molar-refractivity contribution in [2.45, 2.75) is 13.8 Å². The highest BCUT2D eigenvalue weighted by molar-refractivity contribution is 5.34. The van der Waals surface area contributed by atoms with Crippen molar-refractivity contribution in [2.24, 2.45) is 0 Å². The zero-order valence-electron chi connectivity index (χ0n) is 10.6. The molecule has 2 rings (SSSR count). The molecule has 0 aliphatic rings. The van der Waals surface area contributed by atoms with Crippen LogP contribution in [0.15, 0.2) is 24.4 Å². The molecule has 0 bridgehead atoms. The Kier molecular flexibility index (Phi) is 3.89. The summed E-state index contributed by atoms with van der Waals surface area (Å²) in [7, 11) is 0. The number of aromatic nitrogens is 2. The summed E-state index contributed by atoms with van der Waals surface area (Å²) in [4.78, 5) is 7.66. The number of benzene rings is 1. The van der Waals surface area contributed by atoms with E-state index in [4.69, 9.17) is 4.74 Å². The molecule has 0 saturated carbocycles. The molecule has 0 amide bonds. The second-order valence-corrected chi connectivity index (χ2v) is 3.89. The quantitative estimate of drug-likeness (QED) is 0.921. The van der Waals surface area contributed by atoms with Gasteiger partial charge in [0.1, 0.15) is 11.6 Å². The first kappa shape index (κ1) is 13.2. The monoisotopic (exact) mass is 265 g/mol. The molecule has 6 heteroatoms. The maximum Gasteiger partial charge on any atom is 0.260 e. The van der Waals surface area contributed by atoms with Crippen LogP contribution in [0.3, 0.4) is 0 Å². The van der Waals surface area contributed by atoms with Crippen LogP contribution >= 0.6 is 0 Å². The van der Waals surface area contributed by atoms with E-state index in [9.17, 15) is 8.78 Å². The van der Waals surface area contributed by atoms with Crippen molar-refractivity contribution in [3.05, 3.63) is 41.6 Å². The third kappa shape index (κ3) is 3.15. The second-order valence-electron chi connectivity index (χ2n) is 3.89. The Morgan fingerprint density at radius 1 is 1.26 bits per heavy atom. The van der Waals surface area contributed by atoms with Gasteiger partial charge in [0, 0.05) is 6.54 Å². The molecule has 0 atom stereocenters. The van der Waals surface area contributed by atoms with Crippen molar-refractivity contribution in [1.29, 1.82) is 0 Å². The van der Waals surface area contributed by atoms with Crippen molar-refractivity contribution in [3.63, 3.8) is 0 Å². The van der Waals surface area contributed by atoms with E-state index < -0.39 is 5.82 Å². The summed E-state index contributed by atoms with van der Waals surface area (Å²) in [5, 5.41) is 2.85. The molecule has 2 aromatic rings. The van der Waals surface area contributed by atoms with Crippen LogP contribution in [0.4, 0.5) is 14.7 Å². The molecule has 0 radical (unpaired) electrons. The number of halogens is 2. The normalized spacial score (nSPS) is 10.3. The fourth-order valence-corrected chi connectivity index (χ4v) is 1.46. The van der Waals surface area contributed by atoms with Gasteiger partial charge in [-0.15, -0.1) is 0 Å². The zero-order chi connectivity index (χ0) is 13.8. The third-order valence-corrected chi connectivity index (χ3v) is 2.39. The van der Waals surface area contributed by atoms with Crippen LogP contribution in [0.2, 0.25) is 0 Å². The largest absolute Gasteiger partial charge is 0.436 e. The van der Waals surface area contributed by atoms with E-state index in [2.05, 4.69) is 15.3 Å². The summed E-state index contributed by atoms with van der Waals surface area (Å²) < 4.78 is 31.9. The highest BCUT2D eigenvalue weighted by Gasteiger charge is 2.10. The summed E-state index contributed by atoms with van der Waals surface area (Å²) in [5.74, 6) is -0.624. The van der Waals surface area contributed by atoms with Crippen molar-refractivity contribution >= 4 is 5.95 Å². The molecule has 1 heterocycles. The van der Waals surface area contributed by atoms with Crippen molar-refractivity contribution in [3.8, 4) is 11.6 Å². The summed E-state index contributed by atoms with van der Waals surface area (Å²) in [6.07, 6.45) is 1.02. The van der Waals surface area contributed by atoms with E-state index in [0.29, 0.717) is 17.9 Å². The smallest absolute Gasteiger partial charge is 0.260 e. The van der Waals surface area contributed by atoms with E-state index >= 15 is 0 Å². The van der Waals surface area contributed by atoms with Gasteiger partial charge in [0.2, 0.25) is 11.8 Å². The van der Waals surface area contributed by atoms with E-state index in [-0.39, 0.29) is 17.6 Å². The Bertz CT molecular complexity index is 590. The number of anilines is 1. The highest BCUT2D eigenvalue weighted by atomic mass is 19.1. The van der Waals surface area contributed by atoms with Gasteiger partial charge >= 0.3 is 0 Å². The Balaban J connectivity index is 2.26. The van der Waals surface area contributed by atoms with Gasteiger partial charge in [0.05, 0.1) is 6.20 Å². The van der Waals surface area contributed by atoms with Crippen LogP contribution in [-0.4, -0.2) is 16.5 Å². The molecule has 19 heavy (non-hydrogen) atoms. The molecule has 4 nitrogen and oxygen atoms in total. The van der Waals surface area contributed by atoms with Crippen molar-refractivity contribution in [1.82, 2.24) is 9.97 Å². The maximum absolute atomic E-state index is 13.5. The first-order valence-electron chi connectivity index (χ1n) is 5.80. The molecular weight excluding hydrogens is 252 g/mol. The molecule has 0 aliphatic heterocycles. The van der Waals surface area contributed by atoms with Gasteiger partial charge in [0.25, 0.3) is 5.88 Å². The molecule has 0 spiro atoms. The molecule has 0 fully saturated rings. The van der Waals surface area contributed by atoms with Crippen LogP contribution in [0.5, 0.6) is 11.6 Å². The van der Waals surface area contributed by atoms with Crippen LogP contribution in [0.25, 0.3) is 0 Å². The topological polar surface area (TPSA) is 47.0 Å². The van der Waals surface area contributed by atoms with E-state index in [1.165, 1.54) is 18.2 Å². The summed E-state index contributed by atoms with van der Waals surface area (Å²) in [5.41, 5.74) is 0.416. The number of nitrogens with one attached hydrogen (secondary N) is 1. The van der Waals surface area contributed by atoms with Crippen molar-refractivity contribution in [2.75, 3.05) is 11.9 Å². The Morgan fingerprint density at radius 2 is 2.05 bits per heavy atom. The minimum atomic E-state index is -0.677. The first-order valence-corrected chi connectivity index (χ1v) is 5.80.